The van der Waals surface area contributed by atoms with Crippen molar-refractivity contribution in [3.05, 3.63) is 30.0 Å². The number of rotatable bonds is 5. The van der Waals surface area contributed by atoms with Crippen LogP contribution in [0.1, 0.15) is 31.4 Å². The number of nitrogen functional groups attached to an aromatic ring is 1. The Balaban J connectivity index is 2.24. The number of aromatic nitrogens is 2. The Morgan fingerprint density at radius 1 is 1.42 bits per heavy atom. The molecule has 0 aliphatic heterocycles. The maximum Gasteiger partial charge on any atom is 0.242 e. The van der Waals surface area contributed by atoms with Gasteiger partial charge in [0.05, 0.1) is 19.9 Å². The number of nitrogens with two attached hydrogens (primary N) is 1. The van der Waals surface area contributed by atoms with Crippen LogP contribution in [0.3, 0.4) is 0 Å². The highest BCUT2D eigenvalue weighted by molar-refractivity contribution is 5.67. The third kappa shape index (κ3) is 2.96. The minimum absolute atomic E-state index is 0.193. The van der Waals surface area contributed by atoms with E-state index in [4.69, 9.17) is 14.9 Å². The lowest BCUT2D eigenvalue weighted by Crippen LogP contribution is -2.10. The smallest absolute Gasteiger partial charge is 0.242 e. The van der Waals surface area contributed by atoms with Gasteiger partial charge in [0.25, 0.3) is 0 Å². The van der Waals surface area contributed by atoms with E-state index in [1.165, 1.54) is 0 Å². The van der Waals surface area contributed by atoms with Crippen molar-refractivity contribution in [2.24, 2.45) is 0 Å². The summed E-state index contributed by atoms with van der Waals surface area (Å²) in [4.78, 5) is 8.69. The second kappa shape index (κ2) is 5.60. The van der Waals surface area contributed by atoms with E-state index in [-0.39, 0.29) is 5.92 Å². The van der Waals surface area contributed by atoms with Gasteiger partial charge in [0, 0.05) is 5.92 Å². The fourth-order valence-electron chi connectivity index (χ4n) is 1.60. The average Bonchev–Trinajstić information content (AvgIpc) is 2.90. The Bertz CT molecular complexity index is 538. The Kier molecular flexibility index (Phi) is 3.89. The van der Waals surface area contributed by atoms with Crippen LogP contribution in [0.5, 0.6) is 5.88 Å². The molecule has 0 saturated heterocycles. The summed E-state index contributed by atoms with van der Waals surface area (Å²) in [5.74, 6) is 2.64. The molecule has 0 atom stereocenters. The zero-order chi connectivity index (χ0) is 13.8. The maximum absolute atomic E-state index is 5.96. The van der Waals surface area contributed by atoms with Crippen LogP contribution in [-0.4, -0.2) is 17.1 Å². The summed E-state index contributed by atoms with van der Waals surface area (Å²) in [5, 5.41) is 3.14. The number of methoxy groups -OCH3 is 1. The van der Waals surface area contributed by atoms with E-state index in [1.807, 2.05) is 26.0 Å². The first-order chi connectivity index (χ1) is 9.11. The zero-order valence-corrected chi connectivity index (χ0v) is 11.3. The molecule has 2 aromatic heterocycles. The van der Waals surface area contributed by atoms with E-state index in [1.54, 1.807) is 13.4 Å². The van der Waals surface area contributed by atoms with Crippen molar-refractivity contribution in [3.8, 4) is 5.88 Å². The summed E-state index contributed by atoms with van der Waals surface area (Å²) < 4.78 is 10.4. The quantitative estimate of drug-likeness (QED) is 0.860. The first-order valence-corrected chi connectivity index (χ1v) is 6.09. The number of furan rings is 1. The van der Waals surface area contributed by atoms with E-state index in [0.717, 1.165) is 5.76 Å². The molecule has 19 heavy (non-hydrogen) atoms. The van der Waals surface area contributed by atoms with Crippen molar-refractivity contribution in [1.29, 1.82) is 0 Å². The monoisotopic (exact) mass is 262 g/mol. The van der Waals surface area contributed by atoms with Crippen LogP contribution in [0.15, 0.2) is 22.8 Å². The minimum atomic E-state index is 0.193. The molecule has 6 heteroatoms. The topological polar surface area (TPSA) is 86.2 Å². The molecule has 0 aromatic carbocycles. The van der Waals surface area contributed by atoms with Crippen molar-refractivity contribution >= 4 is 11.5 Å². The lowest BCUT2D eigenvalue weighted by atomic mass is 10.2. The van der Waals surface area contributed by atoms with Gasteiger partial charge in [0.1, 0.15) is 17.3 Å². The molecule has 2 heterocycles. The lowest BCUT2D eigenvalue weighted by Gasteiger charge is -2.13. The van der Waals surface area contributed by atoms with Gasteiger partial charge in [-0.05, 0) is 12.1 Å². The molecule has 0 fully saturated rings. The van der Waals surface area contributed by atoms with Crippen LogP contribution in [0, 0.1) is 0 Å². The fraction of sp³-hybridized carbons (Fsp3) is 0.385. The van der Waals surface area contributed by atoms with Gasteiger partial charge in [0.2, 0.25) is 5.88 Å². The largest absolute Gasteiger partial charge is 0.479 e. The van der Waals surface area contributed by atoms with Crippen LogP contribution in [-0.2, 0) is 6.54 Å². The SMILES string of the molecule is COc1nc(C(C)C)nc(NCc2ccco2)c1N. The molecule has 6 nitrogen and oxygen atoms in total. The highest BCUT2D eigenvalue weighted by Crippen LogP contribution is 2.28. The summed E-state index contributed by atoms with van der Waals surface area (Å²) in [6.45, 7) is 4.54. The molecule has 0 unspecified atom stereocenters. The van der Waals surface area contributed by atoms with Gasteiger partial charge in [-0.1, -0.05) is 13.8 Å². The molecule has 0 radical (unpaired) electrons. The highest BCUT2D eigenvalue weighted by atomic mass is 16.5. The first-order valence-electron chi connectivity index (χ1n) is 6.09. The van der Waals surface area contributed by atoms with E-state index in [9.17, 15) is 0 Å². The molecule has 0 spiro atoms. The summed E-state index contributed by atoms with van der Waals surface area (Å²) >= 11 is 0. The van der Waals surface area contributed by atoms with Crippen LogP contribution >= 0.6 is 0 Å². The molecule has 102 valence electrons. The summed E-state index contributed by atoms with van der Waals surface area (Å²) in [6, 6.07) is 3.71. The molecule has 0 aliphatic rings. The van der Waals surface area contributed by atoms with Gasteiger partial charge < -0.3 is 20.2 Å². The third-order valence-corrected chi connectivity index (χ3v) is 2.65. The molecular weight excluding hydrogens is 244 g/mol. The fourth-order valence-corrected chi connectivity index (χ4v) is 1.60. The average molecular weight is 262 g/mol. The maximum atomic E-state index is 5.96. The van der Waals surface area contributed by atoms with Gasteiger partial charge in [-0.15, -0.1) is 0 Å². The predicted octanol–water partition coefficient (Wildman–Crippen LogP) is 2.40. The number of hydrogen-bond acceptors (Lipinski definition) is 6. The van der Waals surface area contributed by atoms with Crippen molar-refractivity contribution in [1.82, 2.24) is 9.97 Å². The molecular formula is C13H18N4O2. The Labute approximate surface area is 112 Å². The number of anilines is 2. The molecule has 0 amide bonds. The third-order valence-electron chi connectivity index (χ3n) is 2.65. The number of nitrogens with one attached hydrogen (secondary N) is 1. The van der Waals surface area contributed by atoms with Gasteiger partial charge in [0.15, 0.2) is 5.82 Å². The second-order valence-corrected chi connectivity index (χ2v) is 4.44. The highest BCUT2D eigenvalue weighted by Gasteiger charge is 2.14. The molecule has 2 rings (SSSR count). The van der Waals surface area contributed by atoms with E-state index >= 15 is 0 Å². The Hall–Kier alpha value is -2.24. The Morgan fingerprint density at radius 2 is 2.21 bits per heavy atom. The first kappa shape index (κ1) is 13.2. The van der Waals surface area contributed by atoms with Crippen LogP contribution in [0.2, 0.25) is 0 Å². The van der Waals surface area contributed by atoms with Crippen LogP contribution in [0.4, 0.5) is 11.5 Å². The van der Waals surface area contributed by atoms with Gasteiger partial charge in [-0.25, -0.2) is 4.98 Å². The molecule has 0 aliphatic carbocycles. The van der Waals surface area contributed by atoms with E-state index < -0.39 is 0 Å². The van der Waals surface area contributed by atoms with Gasteiger partial charge >= 0.3 is 0 Å². The summed E-state index contributed by atoms with van der Waals surface area (Å²) in [5.41, 5.74) is 6.36. The normalized spacial score (nSPS) is 10.7. The van der Waals surface area contributed by atoms with E-state index in [2.05, 4.69) is 15.3 Å². The number of hydrogen-bond donors (Lipinski definition) is 2. The molecule has 2 aromatic rings. The predicted molar refractivity (Wildman–Crippen MR) is 73.1 cm³/mol. The van der Waals surface area contributed by atoms with Crippen LogP contribution < -0.4 is 15.8 Å². The van der Waals surface area contributed by atoms with Crippen LogP contribution in [0.25, 0.3) is 0 Å². The molecule has 3 N–H and O–H groups in total. The van der Waals surface area contributed by atoms with Crippen molar-refractivity contribution in [3.63, 3.8) is 0 Å². The van der Waals surface area contributed by atoms with Crippen molar-refractivity contribution in [2.75, 3.05) is 18.2 Å². The minimum Gasteiger partial charge on any atom is -0.479 e. The summed E-state index contributed by atoms with van der Waals surface area (Å²) in [7, 11) is 1.54. The standard InChI is InChI=1S/C13H18N4O2/c1-8(2)11-16-12(10(14)13(17-11)18-3)15-7-9-5-4-6-19-9/h4-6,8H,7,14H2,1-3H3,(H,15,16,17). The van der Waals surface area contributed by atoms with Gasteiger partial charge in [-0.3, -0.25) is 0 Å². The summed E-state index contributed by atoms with van der Waals surface area (Å²) in [6.07, 6.45) is 1.63. The Morgan fingerprint density at radius 3 is 2.79 bits per heavy atom. The van der Waals surface area contributed by atoms with Crippen molar-refractivity contribution in [2.45, 2.75) is 26.3 Å². The zero-order valence-electron chi connectivity index (χ0n) is 11.3. The number of ether oxygens (including phenoxy) is 1. The molecule has 0 bridgehead atoms. The lowest BCUT2D eigenvalue weighted by molar-refractivity contribution is 0.396. The van der Waals surface area contributed by atoms with E-state index in [0.29, 0.717) is 29.8 Å². The second-order valence-electron chi connectivity index (χ2n) is 4.44. The number of nitrogens with zero attached hydrogens (tertiary/aromatic N) is 2. The van der Waals surface area contributed by atoms with Gasteiger partial charge in [-0.2, -0.15) is 4.98 Å². The van der Waals surface area contributed by atoms with Crippen molar-refractivity contribution < 1.29 is 9.15 Å². The molecule has 0 saturated carbocycles.